The summed E-state index contributed by atoms with van der Waals surface area (Å²) in [6.45, 7) is 0.619. The fourth-order valence-corrected chi connectivity index (χ4v) is 3.09. The number of nitrogens with one attached hydrogen (secondary N) is 2. The minimum absolute atomic E-state index is 0.251. The average molecular weight is 392 g/mol. The van der Waals surface area contributed by atoms with Gasteiger partial charge in [0.05, 0.1) is 0 Å². The summed E-state index contributed by atoms with van der Waals surface area (Å²) in [5, 5.41) is 2.84. The number of aromatic nitrogens is 1. The van der Waals surface area contributed by atoms with Crippen molar-refractivity contribution in [1.29, 1.82) is 0 Å². The van der Waals surface area contributed by atoms with Crippen molar-refractivity contribution >= 4 is 5.91 Å². The Balaban J connectivity index is 1.32. The fourth-order valence-electron chi connectivity index (χ4n) is 3.09. The van der Waals surface area contributed by atoms with Crippen molar-refractivity contribution in [3.8, 4) is 5.75 Å². The predicted octanol–water partition coefficient (Wildman–Crippen LogP) is 3.90. The van der Waals surface area contributed by atoms with Crippen LogP contribution in [0.4, 0.5) is 4.39 Å². The zero-order valence-corrected chi connectivity index (χ0v) is 15.8. The Morgan fingerprint density at radius 1 is 1.07 bits per heavy atom. The Morgan fingerprint density at radius 2 is 1.86 bits per heavy atom. The summed E-state index contributed by atoms with van der Waals surface area (Å²) in [7, 11) is 0. The maximum absolute atomic E-state index is 13.2. The number of aromatic amines is 1. The first-order valence-electron chi connectivity index (χ1n) is 9.55. The standard InChI is InChI=1S/C23H21FN2O3/c24-19-3-1-2-16(10-19)14-29-20-8-4-15(5-9-20)13-25-23(28)18-11-21(17-6-7-17)26-22(27)12-18/h1-5,8-12,17H,6-7,13-14H2,(H,25,28)(H,26,27). The molecule has 3 aromatic rings. The number of benzene rings is 2. The molecule has 1 heterocycles. The number of hydrogen-bond acceptors (Lipinski definition) is 3. The molecule has 0 spiro atoms. The van der Waals surface area contributed by atoms with Gasteiger partial charge in [0.2, 0.25) is 5.56 Å². The SMILES string of the molecule is O=C(NCc1ccc(OCc2cccc(F)c2)cc1)c1cc(C2CC2)[nH]c(=O)c1. The van der Waals surface area contributed by atoms with Gasteiger partial charge in [0.25, 0.3) is 5.91 Å². The summed E-state index contributed by atoms with van der Waals surface area (Å²) in [4.78, 5) is 27.0. The number of amides is 1. The molecular weight excluding hydrogens is 371 g/mol. The fraction of sp³-hybridized carbons (Fsp3) is 0.217. The molecule has 1 aromatic heterocycles. The minimum Gasteiger partial charge on any atom is -0.489 e. The van der Waals surface area contributed by atoms with Crippen molar-refractivity contribution in [3.05, 3.63) is 99.2 Å². The molecule has 1 aliphatic carbocycles. The second-order valence-corrected chi connectivity index (χ2v) is 7.21. The quantitative estimate of drug-likeness (QED) is 0.641. The predicted molar refractivity (Wildman–Crippen MR) is 107 cm³/mol. The van der Waals surface area contributed by atoms with Gasteiger partial charge in [-0.25, -0.2) is 4.39 Å². The van der Waals surface area contributed by atoms with Gasteiger partial charge in [-0.3, -0.25) is 9.59 Å². The molecule has 6 heteroatoms. The molecule has 0 unspecified atom stereocenters. The lowest BCUT2D eigenvalue weighted by molar-refractivity contribution is 0.0950. The second-order valence-electron chi connectivity index (χ2n) is 7.21. The highest BCUT2D eigenvalue weighted by Crippen LogP contribution is 2.38. The average Bonchev–Trinajstić information content (AvgIpc) is 3.56. The summed E-state index contributed by atoms with van der Waals surface area (Å²) in [5.74, 6) is 0.467. The van der Waals surface area contributed by atoms with Crippen LogP contribution in [-0.4, -0.2) is 10.9 Å². The van der Waals surface area contributed by atoms with Gasteiger partial charge in [0, 0.05) is 23.9 Å². The molecule has 1 amide bonds. The van der Waals surface area contributed by atoms with E-state index in [-0.39, 0.29) is 23.9 Å². The summed E-state index contributed by atoms with van der Waals surface area (Å²) in [5.41, 5.74) is 2.63. The molecule has 0 atom stereocenters. The second kappa shape index (κ2) is 8.31. The number of carbonyl (C=O) groups excluding carboxylic acids is 1. The molecule has 148 valence electrons. The molecule has 1 saturated carbocycles. The largest absolute Gasteiger partial charge is 0.489 e. The molecule has 4 rings (SSSR count). The lowest BCUT2D eigenvalue weighted by Gasteiger charge is -2.09. The number of pyridine rings is 1. The van der Waals surface area contributed by atoms with Gasteiger partial charge >= 0.3 is 0 Å². The number of carbonyl (C=O) groups is 1. The van der Waals surface area contributed by atoms with E-state index < -0.39 is 0 Å². The Hall–Kier alpha value is -3.41. The van der Waals surface area contributed by atoms with Gasteiger partial charge in [-0.15, -0.1) is 0 Å². The molecule has 1 fully saturated rings. The van der Waals surface area contributed by atoms with Gasteiger partial charge < -0.3 is 15.0 Å². The maximum atomic E-state index is 13.2. The van der Waals surface area contributed by atoms with E-state index in [2.05, 4.69) is 10.3 Å². The first-order chi connectivity index (χ1) is 14.1. The van der Waals surface area contributed by atoms with Crippen molar-refractivity contribution in [1.82, 2.24) is 10.3 Å². The Kier molecular flexibility index (Phi) is 5.42. The van der Waals surface area contributed by atoms with E-state index in [0.717, 1.165) is 29.7 Å². The van der Waals surface area contributed by atoms with Crippen LogP contribution in [0.2, 0.25) is 0 Å². The zero-order chi connectivity index (χ0) is 20.2. The summed E-state index contributed by atoms with van der Waals surface area (Å²) in [6, 6.07) is 16.7. The molecule has 0 radical (unpaired) electrons. The van der Waals surface area contributed by atoms with Crippen molar-refractivity contribution in [2.75, 3.05) is 0 Å². The number of ether oxygens (including phenoxy) is 1. The zero-order valence-electron chi connectivity index (χ0n) is 15.8. The van der Waals surface area contributed by atoms with Crippen LogP contribution in [-0.2, 0) is 13.2 Å². The van der Waals surface area contributed by atoms with E-state index in [4.69, 9.17) is 4.74 Å². The van der Waals surface area contributed by atoms with E-state index in [1.165, 1.54) is 18.2 Å². The third-order valence-corrected chi connectivity index (χ3v) is 4.82. The van der Waals surface area contributed by atoms with E-state index in [1.54, 1.807) is 30.3 Å². The lowest BCUT2D eigenvalue weighted by atomic mass is 10.1. The number of rotatable bonds is 7. The molecular formula is C23H21FN2O3. The molecule has 0 aliphatic heterocycles. The minimum atomic E-state index is -0.290. The summed E-state index contributed by atoms with van der Waals surface area (Å²) in [6.07, 6.45) is 2.10. The van der Waals surface area contributed by atoms with Gasteiger partial charge in [-0.05, 0) is 60.2 Å². The third kappa shape index (κ3) is 5.10. The number of H-pyrrole nitrogens is 1. The van der Waals surface area contributed by atoms with Crippen LogP contribution < -0.4 is 15.6 Å². The van der Waals surface area contributed by atoms with E-state index in [0.29, 0.717) is 23.8 Å². The Labute approximate surface area is 167 Å². The first-order valence-corrected chi connectivity index (χ1v) is 9.55. The topological polar surface area (TPSA) is 71.2 Å². The Bertz CT molecular complexity index is 1070. The van der Waals surface area contributed by atoms with Crippen LogP contribution in [0.3, 0.4) is 0 Å². The van der Waals surface area contributed by atoms with Crippen molar-refractivity contribution < 1.29 is 13.9 Å². The molecule has 5 nitrogen and oxygen atoms in total. The highest BCUT2D eigenvalue weighted by Gasteiger charge is 2.25. The maximum Gasteiger partial charge on any atom is 0.251 e. The van der Waals surface area contributed by atoms with Crippen molar-refractivity contribution in [2.24, 2.45) is 0 Å². The van der Waals surface area contributed by atoms with Gasteiger partial charge in [0.1, 0.15) is 18.2 Å². The van der Waals surface area contributed by atoms with Crippen LogP contribution in [0.15, 0.2) is 65.5 Å². The monoisotopic (exact) mass is 392 g/mol. The summed E-state index contributed by atoms with van der Waals surface area (Å²) >= 11 is 0. The molecule has 1 aliphatic rings. The van der Waals surface area contributed by atoms with E-state index in [1.807, 2.05) is 12.1 Å². The van der Waals surface area contributed by atoms with Crippen LogP contribution in [0.25, 0.3) is 0 Å². The van der Waals surface area contributed by atoms with Crippen molar-refractivity contribution in [3.63, 3.8) is 0 Å². The van der Waals surface area contributed by atoms with Gasteiger partial charge in [-0.2, -0.15) is 0 Å². The van der Waals surface area contributed by atoms with Crippen LogP contribution in [0.5, 0.6) is 5.75 Å². The van der Waals surface area contributed by atoms with E-state index in [9.17, 15) is 14.0 Å². The molecule has 2 N–H and O–H groups in total. The molecule has 2 aromatic carbocycles. The van der Waals surface area contributed by atoms with Crippen LogP contribution in [0, 0.1) is 5.82 Å². The van der Waals surface area contributed by atoms with Gasteiger partial charge in [-0.1, -0.05) is 24.3 Å². The molecule has 0 bridgehead atoms. The Morgan fingerprint density at radius 3 is 2.59 bits per heavy atom. The molecule has 0 saturated heterocycles. The smallest absolute Gasteiger partial charge is 0.251 e. The van der Waals surface area contributed by atoms with Crippen LogP contribution >= 0.6 is 0 Å². The van der Waals surface area contributed by atoms with Crippen LogP contribution in [0.1, 0.15) is 45.9 Å². The lowest BCUT2D eigenvalue weighted by Crippen LogP contribution is -2.24. The number of halogens is 1. The normalized spacial score (nSPS) is 13.1. The third-order valence-electron chi connectivity index (χ3n) is 4.82. The van der Waals surface area contributed by atoms with E-state index >= 15 is 0 Å². The first kappa shape index (κ1) is 18.9. The summed E-state index contributed by atoms with van der Waals surface area (Å²) < 4.78 is 18.9. The van der Waals surface area contributed by atoms with Crippen molar-refractivity contribution in [2.45, 2.75) is 31.9 Å². The highest BCUT2D eigenvalue weighted by atomic mass is 19.1. The molecule has 29 heavy (non-hydrogen) atoms. The highest BCUT2D eigenvalue weighted by molar-refractivity contribution is 5.94. The van der Waals surface area contributed by atoms with Gasteiger partial charge in [0.15, 0.2) is 0 Å². The number of hydrogen-bond donors (Lipinski definition) is 2.